The van der Waals surface area contributed by atoms with E-state index in [1.54, 1.807) is 18.2 Å². The molecule has 0 atom stereocenters. The number of anilines is 3. The fourth-order valence-corrected chi connectivity index (χ4v) is 4.16. The van der Waals surface area contributed by atoms with Crippen molar-refractivity contribution in [3.63, 3.8) is 0 Å². The summed E-state index contributed by atoms with van der Waals surface area (Å²) in [4.78, 5) is 23.8. The Balaban J connectivity index is 1.67. The molecule has 4 N–H and O–H groups in total. The summed E-state index contributed by atoms with van der Waals surface area (Å²) in [6.07, 6.45) is 0. The van der Waals surface area contributed by atoms with E-state index in [4.69, 9.17) is 11.6 Å². The first-order valence-electron chi connectivity index (χ1n) is 9.62. The topological polar surface area (TPSA) is 116 Å². The molecular weight excluding hydrogens is 471 g/mol. The average molecular weight is 491 g/mol. The van der Waals surface area contributed by atoms with Crippen molar-refractivity contribution >= 4 is 50.6 Å². The molecule has 0 aliphatic rings. The summed E-state index contributed by atoms with van der Waals surface area (Å²) in [5.41, 5.74) is 1.53. The average Bonchev–Trinajstić information content (AvgIpc) is 2.74. The molecule has 0 saturated carbocycles. The zero-order chi connectivity index (χ0) is 24.0. The molecule has 0 aliphatic carbocycles. The molecule has 3 aromatic carbocycles. The van der Waals surface area contributed by atoms with Gasteiger partial charge >= 0.3 is 6.03 Å². The van der Waals surface area contributed by atoms with Crippen LogP contribution < -0.4 is 20.7 Å². The first-order valence-corrected chi connectivity index (χ1v) is 11.5. The van der Waals surface area contributed by atoms with Gasteiger partial charge in [0, 0.05) is 10.7 Å². The van der Waals surface area contributed by atoms with Crippen LogP contribution in [0.2, 0.25) is 5.02 Å². The lowest BCUT2D eigenvalue weighted by molar-refractivity contribution is -0.115. The SMILES string of the molecule is Cc1cccc(NC(=O)NCC(=O)Nc2cc(Cl)ccc2NS(=O)(=O)c2ccccc2F)c1. The number of carbonyl (C=O) groups excluding carboxylic acids is 2. The van der Waals surface area contributed by atoms with Gasteiger partial charge in [-0.2, -0.15) is 0 Å². The second-order valence-corrected chi connectivity index (χ2v) is 9.04. The van der Waals surface area contributed by atoms with E-state index in [0.29, 0.717) is 5.69 Å². The van der Waals surface area contributed by atoms with E-state index in [1.807, 2.05) is 13.0 Å². The molecule has 3 rings (SSSR count). The van der Waals surface area contributed by atoms with Crippen LogP contribution in [0, 0.1) is 12.7 Å². The molecule has 172 valence electrons. The van der Waals surface area contributed by atoms with Crippen molar-refractivity contribution in [2.45, 2.75) is 11.8 Å². The van der Waals surface area contributed by atoms with Crippen molar-refractivity contribution in [1.82, 2.24) is 5.32 Å². The Bertz CT molecular complexity index is 1300. The minimum absolute atomic E-state index is 0.0276. The third-order valence-electron chi connectivity index (χ3n) is 4.31. The number of sulfonamides is 1. The van der Waals surface area contributed by atoms with Gasteiger partial charge in [0.05, 0.1) is 17.9 Å². The van der Waals surface area contributed by atoms with Crippen LogP contribution in [0.25, 0.3) is 0 Å². The molecule has 0 aromatic heterocycles. The summed E-state index contributed by atoms with van der Waals surface area (Å²) < 4.78 is 41.4. The largest absolute Gasteiger partial charge is 0.329 e. The molecule has 11 heteroatoms. The van der Waals surface area contributed by atoms with E-state index in [-0.39, 0.29) is 16.4 Å². The molecule has 0 bridgehead atoms. The van der Waals surface area contributed by atoms with Crippen LogP contribution in [0.3, 0.4) is 0 Å². The standard InChI is InChI=1S/C22H20ClFN4O4S/c1-14-5-4-6-16(11-14)26-22(30)25-13-21(29)27-19-12-15(23)9-10-18(19)28-33(31,32)20-8-3-2-7-17(20)24/h2-12,28H,13H2,1H3,(H,27,29)(H2,25,26,30). The van der Waals surface area contributed by atoms with Gasteiger partial charge in [0.2, 0.25) is 5.91 Å². The molecule has 3 aromatic rings. The lowest BCUT2D eigenvalue weighted by Gasteiger charge is -2.15. The first-order chi connectivity index (χ1) is 15.6. The van der Waals surface area contributed by atoms with Crippen LogP contribution in [-0.2, 0) is 14.8 Å². The number of rotatable bonds is 7. The number of benzene rings is 3. The molecule has 33 heavy (non-hydrogen) atoms. The number of hydrogen-bond donors (Lipinski definition) is 4. The van der Waals surface area contributed by atoms with Crippen LogP contribution in [-0.4, -0.2) is 26.9 Å². The first kappa shape index (κ1) is 24.0. The molecule has 0 fully saturated rings. The van der Waals surface area contributed by atoms with Crippen molar-refractivity contribution in [1.29, 1.82) is 0 Å². The van der Waals surface area contributed by atoms with Crippen molar-refractivity contribution < 1.29 is 22.4 Å². The fraction of sp³-hybridized carbons (Fsp3) is 0.0909. The van der Waals surface area contributed by atoms with E-state index < -0.39 is 39.2 Å². The van der Waals surface area contributed by atoms with Gasteiger partial charge in [-0.25, -0.2) is 17.6 Å². The second kappa shape index (κ2) is 10.3. The Kier molecular flexibility index (Phi) is 7.52. The molecule has 0 heterocycles. The normalized spacial score (nSPS) is 10.9. The lowest BCUT2D eigenvalue weighted by atomic mass is 10.2. The van der Waals surface area contributed by atoms with E-state index in [2.05, 4.69) is 20.7 Å². The summed E-state index contributed by atoms with van der Waals surface area (Å²) >= 11 is 5.98. The van der Waals surface area contributed by atoms with Gasteiger partial charge in [0.25, 0.3) is 10.0 Å². The summed E-state index contributed by atoms with van der Waals surface area (Å²) in [6, 6.07) is 15.5. The summed E-state index contributed by atoms with van der Waals surface area (Å²) in [5.74, 6) is -1.56. The lowest BCUT2D eigenvalue weighted by Crippen LogP contribution is -2.35. The summed E-state index contributed by atoms with van der Waals surface area (Å²) in [7, 11) is -4.28. The van der Waals surface area contributed by atoms with Crippen LogP contribution >= 0.6 is 11.6 Å². The third-order valence-corrected chi connectivity index (χ3v) is 5.95. The zero-order valence-corrected chi connectivity index (χ0v) is 18.9. The highest BCUT2D eigenvalue weighted by Gasteiger charge is 2.20. The number of urea groups is 1. The van der Waals surface area contributed by atoms with Crippen molar-refractivity contribution in [2.24, 2.45) is 0 Å². The maximum atomic E-state index is 14.0. The zero-order valence-electron chi connectivity index (χ0n) is 17.4. The quantitative estimate of drug-likeness (QED) is 0.394. The molecule has 0 aliphatic heterocycles. The van der Waals surface area contributed by atoms with Crippen molar-refractivity contribution in [3.05, 3.63) is 83.1 Å². The Hall–Kier alpha value is -3.63. The van der Waals surface area contributed by atoms with Crippen molar-refractivity contribution in [3.8, 4) is 0 Å². The number of nitrogens with one attached hydrogen (secondary N) is 4. The minimum atomic E-state index is -4.28. The smallest absolute Gasteiger partial charge is 0.319 e. The number of amides is 3. The van der Waals surface area contributed by atoms with Gasteiger partial charge in [-0.15, -0.1) is 0 Å². The Morgan fingerprint density at radius 3 is 2.42 bits per heavy atom. The number of aryl methyl sites for hydroxylation is 1. The molecule has 0 radical (unpaired) electrons. The van der Waals surface area contributed by atoms with Gasteiger partial charge in [0.1, 0.15) is 10.7 Å². The maximum Gasteiger partial charge on any atom is 0.319 e. The molecule has 0 unspecified atom stereocenters. The van der Waals surface area contributed by atoms with Gasteiger partial charge in [-0.3, -0.25) is 9.52 Å². The summed E-state index contributed by atoms with van der Waals surface area (Å²) in [5, 5.41) is 7.71. The fourth-order valence-electron chi connectivity index (χ4n) is 2.82. The highest BCUT2D eigenvalue weighted by atomic mass is 35.5. The third kappa shape index (κ3) is 6.67. The van der Waals surface area contributed by atoms with Gasteiger partial charge < -0.3 is 16.0 Å². The van der Waals surface area contributed by atoms with E-state index in [1.165, 1.54) is 30.3 Å². The van der Waals surface area contributed by atoms with E-state index >= 15 is 0 Å². The number of halogens is 2. The van der Waals surface area contributed by atoms with Crippen LogP contribution in [0.15, 0.2) is 71.6 Å². The van der Waals surface area contributed by atoms with E-state index in [0.717, 1.165) is 17.7 Å². The molecule has 3 amide bonds. The van der Waals surface area contributed by atoms with Crippen LogP contribution in [0.4, 0.5) is 26.2 Å². The summed E-state index contributed by atoms with van der Waals surface area (Å²) in [6.45, 7) is 1.48. The highest BCUT2D eigenvalue weighted by Crippen LogP contribution is 2.28. The number of hydrogen-bond acceptors (Lipinski definition) is 4. The predicted molar refractivity (Wildman–Crippen MR) is 125 cm³/mol. The molecule has 0 spiro atoms. The monoisotopic (exact) mass is 490 g/mol. The van der Waals surface area contributed by atoms with Crippen LogP contribution in [0.5, 0.6) is 0 Å². The van der Waals surface area contributed by atoms with Gasteiger partial charge in [-0.1, -0.05) is 35.9 Å². The van der Waals surface area contributed by atoms with Gasteiger partial charge in [0.15, 0.2) is 0 Å². The van der Waals surface area contributed by atoms with Crippen LogP contribution in [0.1, 0.15) is 5.56 Å². The highest BCUT2D eigenvalue weighted by molar-refractivity contribution is 7.92. The van der Waals surface area contributed by atoms with E-state index in [9.17, 15) is 22.4 Å². The Labute approximate surface area is 195 Å². The second-order valence-electron chi connectivity index (χ2n) is 6.95. The number of carbonyl (C=O) groups is 2. The Morgan fingerprint density at radius 1 is 0.939 bits per heavy atom. The van der Waals surface area contributed by atoms with Crippen molar-refractivity contribution in [2.75, 3.05) is 21.9 Å². The maximum absolute atomic E-state index is 14.0. The molecular formula is C22H20ClFN4O4S. The molecule has 8 nitrogen and oxygen atoms in total. The predicted octanol–water partition coefficient (Wildman–Crippen LogP) is 4.35. The van der Waals surface area contributed by atoms with Gasteiger partial charge in [-0.05, 0) is 55.0 Å². The molecule has 0 saturated heterocycles. The minimum Gasteiger partial charge on any atom is -0.329 e. The Morgan fingerprint density at radius 2 is 1.70 bits per heavy atom.